The average Bonchev–Trinajstić information content (AvgIpc) is 3.67. The van der Waals surface area contributed by atoms with Crippen molar-refractivity contribution in [3.05, 3.63) is 88.5 Å². The molecule has 45 heavy (non-hydrogen) atoms. The highest BCUT2D eigenvalue weighted by Gasteiger charge is 2.43. The van der Waals surface area contributed by atoms with Crippen LogP contribution in [0.4, 0.5) is 10.7 Å². The number of nitrogen functional groups attached to an aromatic ring is 1. The number of rotatable bonds is 11. The molecular weight excluding hydrogens is 603 g/mol. The zero-order chi connectivity index (χ0) is 31.2. The number of piperidine rings is 1. The van der Waals surface area contributed by atoms with Crippen molar-refractivity contribution in [2.24, 2.45) is 0 Å². The number of nitrogens with two attached hydrogens (primary N) is 1. The normalized spacial score (nSPS) is 21.8. The number of fused-ring (bicyclic) bond motifs is 1. The Morgan fingerprint density at radius 2 is 1.69 bits per heavy atom. The van der Waals surface area contributed by atoms with Crippen LogP contribution in [-0.2, 0) is 41.0 Å². The molecule has 2 aromatic carbocycles. The third kappa shape index (κ3) is 7.43. The van der Waals surface area contributed by atoms with Gasteiger partial charge in [-0.15, -0.1) is 0 Å². The number of aromatic nitrogens is 4. The Bertz CT molecular complexity index is 1700. The van der Waals surface area contributed by atoms with Crippen LogP contribution in [0.1, 0.15) is 43.0 Å². The zero-order valence-electron chi connectivity index (χ0n) is 24.5. The highest BCUT2D eigenvalue weighted by atomic mass is 31.2. The first-order chi connectivity index (χ1) is 21.9. The van der Waals surface area contributed by atoms with E-state index in [0.717, 1.165) is 30.4 Å². The lowest BCUT2D eigenvalue weighted by Gasteiger charge is -2.33. The van der Waals surface area contributed by atoms with Crippen molar-refractivity contribution in [2.45, 2.75) is 57.3 Å². The molecule has 0 aliphatic carbocycles. The van der Waals surface area contributed by atoms with E-state index in [9.17, 15) is 14.2 Å². The molecule has 2 aliphatic rings. The maximum Gasteiger partial charge on any atom is 0.508 e. The van der Waals surface area contributed by atoms with Gasteiger partial charge in [-0.05, 0) is 24.0 Å². The largest absolute Gasteiger partial charge is 0.508 e. The standard InChI is InChI=1S/C30H35N6O8P/c31-29-33-27-26(28(37)34-29)32-20-36(27)25-16-23(44-30(38)40-17-21-10-4-1-5-11-21)24(43-25)19-42-45(39,35-14-8-3-9-15-35)41-18-22-12-6-2-7-13-22/h1-2,4-7,10-13,20,23-25H,3,8-9,14-19H2,(H3,31,33,34,37)/t23-,24+,25+,45?/m0/s1. The lowest BCUT2D eigenvalue weighted by molar-refractivity contribution is -0.0562. The fourth-order valence-corrected chi connectivity index (χ4v) is 7.22. The zero-order valence-corrected chi connectivity index (χ0v) is 25.4. The molecule has 4 aromatic rings. The number of hydrogen-bond acceptors (Lipinski definition) is 11. The molecule has 2 saturated heterocycles. The van der Waals surface area contributed by atoms with E-state index < -0.39 is 37.9 Å². The molecule has 0 spiro atoms. The Kier molecular flexibility index (Phi) is 9.57. The SMILES string of the molecule is Nc1nc2c(ncn2[C@H]2C[C@H](OC(=O)OCc3ccccc3)[C@@H](COP(=O)(OCc3ccccc3)N3CCCCC3)O2)c(=O)[nH]1. The number of carbonyl (C=O) groups is 1. The van der Waals surface area contributed by atoms with E-state index in [0.29, 0.717) is 13.1 Å². The topological polar surface area (TPSA) is 173 Å². The maximum atomic E-state index is 14.3. The summed E-state index contributed by atoms with van der Waals surface area (Å²) in [6, 6.07) is 18.6. The van der Waals surface area contributed by atoms with Gasteiger partial charge < -0.3 is 19.9 Å². The summed E-state index contributed by atoms with van der Waals surface area (Å²) >= 11 is 0. The van der Waals surface area contributed by atoms with Crippen LogP contribution in [0, 0.1) is 0 Å². The third-order valence-corrected chi connectivity index (χ3v) is 9.73. The summed E-state index contributed by atoms with van der Waals surface area (Å²) < 4.78 is 47.0. The minimum Gasteiger partial charge on any atom is -0.429 e. The van der Waals surface area contributed by atoms with Gasteiger partial charge in [0.05, 0.1) is 19.5 Å². The van der Waals surface area contributed by atoms with Gasteiger partial charge in [-0.1, -0.05) is 67.1 Å². The number of aromatic amines is 1. The average molecular weight is 639 g/mol. The summed E-state index contributed by atoms with van der Waals surface area (Å²) in [5, 5.41) is 0. The van der Waals surface area contributed by atoms with Gasteiger partial charge >= 0.3 is 13.9 Å². The number of carbonyl (C=O) groups excluding carboxylic acids is 1. The first kappa shape index (κ1) is 30.9. The van der Waals surface area contributed by atoms with Crippen LogP contribution in [0.3, 0.4) is 0 Å². The number of imidazole rings is 1. The lowest BCUT2D eigenvalue weighted by Crippen LogP contribution is -2.34. The van der Waals surface area contributed by atoms with Crippen LogP contribution in [0.5, 0.6) is 0 Å². The molecule has 2 aliphatic heterocycles. The molecule has 0 amide bonds. The summed E-state index contributed by atoms with van der Waals surface area (Å²) in [4.78, 5) is 36.0. The van der Waals surface area contributed by atoms with E-state index in [1.807, 2.05) is 60.7 Å². The monoisotopic (exact) mass is 638 g/mol. The van der Waals surface area contributed by atoms with Crippen molar-refractivity contribution < 1.29 is 32.6 Å². The van der Waals surface area contributed by atoms with Crippen LogP contribution in [0.25, 0.3) is 11.2 Å². The maximum absolute atomic E-state index is 14.3. The predicted molar refractivity (Wildman–Crippen MR) is 163 cm³/mol. The Labute approximate surface area is 259 Å². The van der Waals surface area contributed by atoms with E-state index in [4.69, 9.17) is 29.0 Å². The second-order valence-electron chi connectivity index (χ2n) is 10.9. The van der Waals surface area contributed by atoms with Gasteiger partial charge in [-0.3, -0.25) is 23.4 Å². The fraction of sp³-hybridized carbons (Fsp3) is 0.400. The molecule has 4 heterocycles. The van der Waals surface area contributed by atoms with Gasteiger partial charge in [0, 0.05) is 19.5 Å². The first-order valence-electron chi connectivity index (χ1n) is 14.8. The van der Waals surface area contributed by atoms with Crippen molar-refractivity contribution in [1.29, 1.82) is 0 Å². The smallest absolute Gasteiger partial charge is 0.429 e. The van der Waals surface area contributed by atoms with Crippen LogP contribution < -0.4 is 11.3 Å². The Morgan fingerprint density at radius 3 is 2.40 bits per heavy atom. The third-order valence-electron chi connectivity index (χ3n) is 7.71. The highest BCUT2D eigenvalue weighted by molar-refractivity contribution is 7.51. The van der Waals surface area contributed by atoms with Crippen LogP contribution in [0.2, 0.25) is 0 Å². The van der Waals surface area contributed by atoms with Crippen molar-refractivity contribution in [3.63, 3.8) is 0 Å². The van der Waals surface area contributed by atoms with Crippen LogP contribution in [0.15, 0.2) is 71.8 Å². The second-order valence-corrected chi connectivity index (χ2v) is 12.9. The van der Waals surface area contributed by atoms with E-state index >= 15 is 0 Å². The van der Waals surface area contributed by atoms with Gasteiger partial charge in [0.25, 0.3) is 5.56 Å². The molecule has 0 radical (unpaired) electrons. The molecule has 0 saturated carbocycles. The van der Waals surface area contributed by atoms with Crippen molar-refractivity contribution in [1.82, 2.24) is 24.2 Å². The molecule has 3 N–H and O–H groups in total. The van der Waals surface area contributed by atoms with E-state index in [-0.39, 0.29) is 43.4 Å². The molecule has 15 heteroatoms. The first-order valence-corrected chi connectivity index (χ1v) is 16.3. The quantitative estimate of drug-likeness (QED) is 0.174. The van der Waals surface area contributed by atoms with Gasteiger partial charge in [-0.2, -0.15) is 4.98 Å². The molecule has 1 unspecified atom stereocenters. The molecule has 238 valence electrons. The molecule has 2 aromatic heterocycles. The second kappa shape index (κ2) is 13.9. The van der Waals surface area contributed by atoms with Gasteiger partial charge in [-0.25, -0.2) is 19.0 Å². The number of ether oxygens (including phenoxy) is 3. The van der Waals surface area contributed by atoms with Crippen LogP contribution >= 0.6 is 7.75 Å². The molecule has 4 atom stereocenters. The van der Waals surface area contributed by atoms with E-state index in [2.05, 4.69) is 15.0 Å². The molecular formula is C30H35N6O8P. The summed E-state index contributed by atoms with van der Waals surface area (Å²) in [6.07, 6.45) is 0.936. The molecule has 2 fully saturated rings. The number of hydrogen-bond donors (Lipinski definition) is 2. The number of nitrogens with zero attached hydrogens (tertiary/aromatic N) is 4. The number of benzene rings is 2. The molecule has 6 rings (SSSR count). The van der Waals surface area contributed by atoms with E-state index in [1.165, 1.54) is 6.33 Å². The highest BCUT2D eigenvalue weighted by Crippen LogP contribution is 2.54. The summed E-state index contributed by atoms with van der Waals surface area (Å²) in [5.74, 6) is -0.0811. The minimum absolute atomic E-state index is 0.0213. The predicted octanol–water partition coefficient (Wildman–Crippen LogP) is 4.54. The summed E-state index contributed by atoms with van der Waals surface area (Å²) in [5.41, 5.74) is 7.23. The van der Waals surface area contributed by atoms with Crippen molar-refractivity contribution in [2.75, 3.05) is 25.4 Å². The number of anilines is 1. The lowest BCUT2D eigenvalue weighted by atomic mass is 10.2. The van der Waals surface area contributed by atoms with E-state index in [1.54, 1.807) is 9.24 Å². The fourth-order valence-electron chi connectivity index (χ4n) is 5.39. The van der Waals surface area contributed by atoms with Crippen molar-refractivity contribution in [3.8, 4) is 0 Å². The molecule has 0 bridgehead atoms. The molecule has 14 nitrogen and oxygen atoms in total. The number of H-pyrrole nitrogens is 1. The number of nitrogens with one attached hydrogen (secondary N) is 1. The Balaban J connectivity index is 1.21. The van der Waals surface area contributed by atoms with Crippen LogP contribution in [-0.4, -0.2) is 62.2 Å². The van der Waals surface area contributed by atoms with Gasteiger partial charge in [0.2, 0.25) is 5.95 Å². The van der Waals surface area contributed by atoms with Gasteiger partial charge in [0.15, 0.2) is 11.2 Å². The Morgan fingerprint density at radius 1 is 1.00 bits per heavy atom. The summed E-state index contributed by atoms with van der Waals surface area (Å²) in [7, 11) is -3.77. The van der Waals surface area contributed by atoms with Crippen molar-refractivity contribution >= 4 is 31.0 Å². The Hall–Kier alpha value is -4.07. The van der Waals surface area contributed by atoms with Gasteiger partial charge in [0.1, 0.15) is 25.0 Å². The minimum atomic E-state index is -3.77. The summed E-state index contributed by atoms with van der Waals surface area (Å²) in [6.45, 7) is 1.03.